The number of halogens is 1. The summed E-state index contributed by atoms with van der Waals surface area (Å²) in [7, 11) is -4.15. The molecule has 0 aliphatic heterocycles. The van der Waals surface area contributed by atoms with E-state index in [2.05, 4.69) is 9.71 Å². The molecule has 0 atom stereocenters. The normalized spacial score (nSPS) is 18.1. The number of carboxylic acids is 1. The Morgan fingerprint density at radius 2 is 2.10 bits per heavy atom. The van der Waals surface area contributed by atoms with E-state index in [0.29, 0.717) is 12.8 Å². The highest BCUT2D eigenvalue weighted by atomic mass is 32.2. The van der Waals surface area contributed by atoms with Crippen LogP contribution in [0.25, 0.3) is 0 Å². The van der Waals surface area contributed by atoms with Gasteiger partial charge in [0.05, 0.1) is 5.41 Å². The number of hydrogen-bond donors (Lipinski definition) is 2. The molecule has 1 aromatic heterocycles. The minimum atomic E-state index is -4.15. The van der Waals surface area contributed by atoms with Crippen LogP contribution in [0, 0.1) is 11.2 Å². The molecule has 1 heterocycles. The minimum Gasteiger partial charge on any atom is -0.481 e. The quantitative estimate of drug-likeness (QED) is 0.850. The van der Waals surface area contributed by atoms with Gasteiger partial charge in [0.2, 0.25) is 5.03 Å². The van der Waals surface area contributed by atoms with Crippen LogP contribution in [0.15, 0.2) is 23.4 Å². The third-order valence-electron chi connectivity index (χ3n) is 3.59. The first-order valence-corrected chi connectivity index (χ1v) is 7.69. The summed E-state index contributed by atoms with van der Waals surface area (Å²) in [5.74, 6) is -1.99. The first kappa shape index (κ1) is 14.9. The molecule has 2 rings (SSSR count). The Kier molecular flexibility index (Phi) is 4.05. The van der Waals surface area contributed by atoms with Gasteiger partial charge in [-0.25, -0.2) is 22.5 Å². The topological polar surface area (TPSA) is 96.4 Å². The number of pyridine rings is 1. The second-order valence-corrected chi connectivity index (χ2v) is 6.59. The van der Waals surface area contributed by atoms with Crippen molar-refractivity contribution in [3.63, 3.8) is 0 Å². The van der Waals surface area contributed by atoms with Gasteiger partial charge in [-0.3, -0.25) is 4.79 Å². The molecule has 1 fully saturated rings. The lowest BCUT2D eigenvalue weighted by Crippen LogP contribution is -2.41. The Hall–Kier alpha value is -1.54. The van der Waals surface area contributed by atoms with Gasteiger partial charge in [-0.1, -0.05) is 12.8 Å². The van der Waals surface area contributed by atoms with Gasteiger partial charge in [-0.05, 0) is 25.0 Å². The Morgan fingerprint density at radius 1 is 1.45 bits per heavy atom. The summed E-state index contributed by atoms with van der Waals surface area (Å²) in [6.45, 7) is -0.249. The SMILES string of the molecule is O=C(O)C1(CNS(=O)(=O)c2ncccc2F)CCCC1. The van der Waals surface area contributed by atoms with E-state index in [9.17, 15) is 22.7 Å². The van der Waals surface area contributed by atoms with Gasteiger partial charge >= 0.3 is 5.97 Å². The number of aromatic nitrogens is 1. The highest BCUT2D eigenvalue weighted by molar-refractivity contribution is 7.89. The van der Waals surface area contributed by atoms with Crippen molar-refractivity contribution in [3.05, 3.63) is 24.1 Å². The summed E-state index contributed by atoms with van der Waals surface area (Å²) in [6.07, 6.45) is 3.48. The largest absolute Gasteiger partial charge is 0.481 e. The zero-order valence-corrected chi connectivity index (χ0v) is 11.5. The van der Waals surface area contributed by atoms with E-state index in [4.69, 9.17) is 0 Å². The summed E-state index contributed by atoms with van der Waals surface area (Å²) in [5.41, 5.74) is -1.10. The second-order valence-electron chi connectivity index (χ2n) is 4.91. The number of aliphatic carboxylic acids is 1. The standard InChI is InChI=1S/C12H15FN2O4S/c13-9-4-3-7-14-10(9)20(18,19)15-8-12(11(16)17)5-1-2-6-12/h3-4,7,15H,1-2,5-6,8H2,(H,16,17). The summed E-state index contributed by atoms with van der Waals surface area (Å²) >= 11 is 0. The van der Waals surface area contributed by atoms with Crippen LogP contribution in [-0.2, 0) is 14.8 Å². The fraction of sp³-hybridized carbons (Fsp3) is 0.500. The molecule has 0 radical (unpaired) electrons. The molecule has 1 aliphatic rings. The van der Waals surface area contributed by atoms with Crippen molar-refractivity contribution in [2.75, 3.05) is 6.54 Å². The van der Waals surface area contributed by atoms with E-state index in [1.54, 1.807) is 0 Å². The molecule has 1 aromatic rings. The number of rotatable bonds is 5. The average Bonchev–Trinajstić information content (AvgIpc) is 2.87. The molecule has 1 saturated carbocycles. The number of carbonyl (C=O) groups is 1. The molecule has 110 valence electrons. The van der Waals surface area contributed by atoms with Crippen molar-refractivity contribution in [2.45, 2.75) is 30.7 Å². The first-order valence-electron chi connectivity index (χ1n) is 6.21. The molecule has 0 bridgehead atoms. The van der Waals surface area contributed by atoms with Crippen LogP contribution in [0.5, 0.6) is 0 Å². The van der Waals surface area contributed by atoms with Crippen LogP contribution in [0.1, 0.15) is 25.7 Å². The lowest BCUT2D eigenvalue weighted by Gasteiger charge is -2.23. The highest BCUT2D eigenvalue weighted by Gasteiger charge is 2.42. The van der Waals surface area contributed by atoms with Crippen molar-refractivity contribution in [2.24, 2.45) is 5.41 Å². The molecule has 0 spiro atoms. The fourth-order valence-corrected chi connectivity index (χ4v) is 3.52. The fourth-order valence-electron chi connectivity index (χ4n) is 2.39. The predicted molar refractivity (Wildman–Crippen MR) is 67.9 cm³/mol. The van der Waals surface area contributed by atoms with Crippen molar-refractivity contribution >= 4 is 16.0 Å². The van der Waals surface area contributed by atoms with Crippen molar-refractivity contribution in [1.29, 1.82) is 0 Å². The van der Waals surface area contributed by atoms with Crippen LogP contribution >= 0.6 is 0 Å². The van der Waals surface area contributed by atoms with Crippen molar-refractivity contribution < 1.29 is 22.7 Å². The summed E-state index contributed by atoms with van der Waals surface area (Å²) in [4.78, 5) is 14.8. The maximum absolute atomic E-state index is 13.4. The van der Waals surface area contributed by atoms with Crippen molar-refractivity contribution in [3.8, 4) is 0 Å². The zero-order valence-electron chi connectivity index (χ0n) is 10.7. The van der Waals surface area contributed by atoms with Gasteiger partial charge in [-0.2, -0.15) is 0 Å². The van der Waals surface area contributed by atoms with Crippen molar-refractivity contribution in [1.82, 2.24) is 9.71 Å². The molecule has 8 heteroatoms. The molecule has 20 heavy (non-hydrogen) atoms. The number of sulfonamides is 1. The highest BCUT2D eigenvalue weighted by Crippen LogP contribution is 2.38. The number of carboxylic acid groups (broad SMARTS) is 1. The lowest BCUT2D eigenvalue weighted by atomic mass is 9.87. The number of nitrogens with one attached hydrogen (secondary N) is 1. The van der Waals surface area contributed by atoms with Crippen LogP contribution in [0.3, 0.4) is 0 Å². The second kappa shape index (κ2) is 5.45. The maximum atomic E-state index is 13.4. The molecule has 0 amide bonds. The van der Waals surface area contributed by atoms with E-state index < -0.39 is 32.3 Å². The van der Waals surface area contributed by atoms with Gasteiger partial charge < -0.3 is 5.11 Å². The van der Waals surface area contributed by atoms with Gasteiger partial charge in [0.15, 0.2) is 5.82 Å². The Bertz CT molecular complexity index is 612. The average molecular weight is 302 g/mol. The minimum absolute atomic E-state index is 0.249. The molecule has 0 saturated heterocycles. The van der Waals surface area contributed by atoms with Gasteiger partial charge in [-0.15, -0.1) is 0 Å². The van der Waals surface area contributed by atoms with Crippen LogP contribution < -0.4 is 4.72 Å². The molecular formula is C12H15FN2O4S. The lowest BCUT2D eigenvalue weighted by molar-refractivity contribution is -0.148. The number of hydrogen-bond acceptors (Lipinski definition) is 4. The van der Waals surface area contributed by atoms with Crippen LogP contribution in [-0.4, -0.2) is 31.0 Å². The molecule has 0 aromatic carbocycles. The first-order chi connectivity index (χ1) is 9.37. The zero-order chi connectivity index (χ0) is 14.8. The third-order valence-corrected chi connectivity index (χ3v) is 4.93. The monoisotopic (exact) mass is 302 g/mol. The summed E-state index contributed by atoms with van der Waals surface area (Å²) < 4.78 is 39.5. The number of nitrogens with zero attached hydrogens (tertiary/aromatic N) is 1. The van der Waals surface area contributed by atoms with Gasteiger partial charge in [0, 0.05) is 12.7 Å². The van der Waals surface area contributed by atoms with Gasteiger partial charge in [0.25, 0.3) is 10.0 Å². The molecule has 1 aliphatic carbocycles. The van der Waals surface area contributed by atoms with Crippen LogP contribution in [0.4, 0.5) is 4.39 Å². The van der Waals surface area contributed by atoms with Gasteiger partial charge in [0.1, 0.15) is 0 Å². The maximum Gasteiger partial charge on any atom is 0.310 e. The molecule has 6 nitrogen and oxygen atoms in total. The van der Waals surface area contributed by atoms with E-state index in [1.807, 2.05) is 0 Å². The third kappa shape index (κ3) is 2.80. The molecule has 2 N–H and O–H groups in total. The molecular weight excluding hydrogens is 287 g/mol. The molecule has 0 unspecified atom stereocenters. The Morgan fingerprint density at radius 3 is 2.65 bits per heavy atom. The summed E-state index contributed by atoms with van der Waals surface area (Å²) in [5, 5.41) is 8.55. The van der Waals surface area contributed by atoms with E-state index in [1.165, 1.54) is 12.3 Å². The van der Waals surface area contributed by atoms with E-state index in [-0.39, 0.29) is 6.54 Å². The summed E-state index contributed by atoms with van der Waals surface area (Å²) in [6, 6.07) is 2.27. The Balaban J connectivity index is 2.18. The van der Waals surface area contributed by atoms with Crippen LogP contribution in [0.2, 0.25) is 0 Å². The predicted octanol–water partition coefficient (Wildman–Crippen LogP) is 1.14. The van der Waals surface area contributed by atoms with E-state index in [0.717, 1.165) is 18.9 Å². The smallest absolute Gasteiger partial charge is 0.310 e. The Labute approximate surface area is 116 Å². The van der Waals surface area contributed by atoms with E-state index >= 15 is 0 Å².